The first kappa shape index (κ1) is 14.9. The maximum absolute atomic E-state index is 12.6. The van der Waals surface area contributed by atoms with Crippen LogP contribution in [-0.2, 0) is 0 Å². The van der Waals surface area contributed by atoms with Crippen LogP contribution in [-0.4, -0.2) is 10.9 Å². The topological polar surface area (TPSA) is 42.0 Å². The summed E-state index contributed by atoms with van der Waals surface area (Å²) >= 11 is 3.16. The zero-order valence-corrected chi connectivity index (χ0v) is 14.0. The van der Waals surface area contributed by atoms with Crippen molar-refractivity contribution < 1.29 is 4.79 Å². The molecular weight excluding hydrogens is 312 g/mol. The molecule has 1 N–H and O–H groups in total. The highest BCUT2D eigenvalue weighted by atomic mass is 32.1. The van der Waals surface area contributed by atoms with Crippen molar-refractivity contribution in [1.82, 2.24) is 10.3 Å². The molecule has 1 amide bonds. The van der Waals surface area contributed by atoms with E-state index in [2.05, 4.69) is 10.3 Å². The molecule has 5 heteroatoms. The lowest BCUT2D eigenvalue weighted by molar-refractivity contribution is 0.0942. The average Bonchev–Trinajstić information content (AvgIpc) is 3.17. The molecule has 1 aromatic carbocycles. The number of aryl methyl sites for hydroxylation is 1. The smallest absolute Gasteiger partial charge is 0.253 e. The van der Waals surface area contributed by atoms with Gasteiger partial charge in [-0.3, -0.25) is 4.79 Å². The molecule has 0 saturated carbocycles. The Morgan fingerprint density at radius 1 is 1.18 bits per heavy atom. The Morgan fingerprint density at radius 3 is 2.55 bits per heavy atom. The van der Waals surface area contributed by atoms with Gasteiger partial charge in [0, 0.05) is 21.8 Å². The van der Waals surface area contributed by atoms with Crippen LogP contribution in [0.1, 0.15) is 37.4 Å². The Bertz CT molecular complexity index is 763. The van der Waals surface area contributed by atoms with Gasteiger partial charge in [-0.1, -0.05) is 30.3 Å². The molecule has 0 unspecified atom stereocenters. The van der Waals surface area contributed by atoms with Crippen molar-refractivity contribution in [2.45, 2.75) is 19.9 Å². The second-order valence-electron chi connectivity index (χ2n) is 5.02. The number of carbonyl (C=O) groups is 1. The minimum absolute atomic E-state index is 0.0501. The number of rotatable bonds is 4. The average molecular weight is 328 g/mol. The summed E-state index contributed by atoms with van der Waals surface area (Å²) in [4.78, 5) is 18.2. The predicted octanol–water partition coefficient (Wildman–Crippen LogP) is 4.34. The third-order valence-electron chi connectivity index (χ3n) is 3.64. The van der Waals surface area contributed by atoms with E-state index in [0.29, 0.717) is 0 Å². The van der Waals surface area contributed by atoms with E-state index < -0.39 is 0 Å². The number of hydrogen-bond donors (Lipinski definition) is 1. The molecule has 0 aliphatic heterocycles. The maximum atomic E-state index is 12.6. The van der Waals surface area contributed by atoms with Gasteiger partial charge >= 0.3 is 0 Å². The van der Waals surface area contributed by atoms with Gasteiger partial charge < -0.3 is 5.32 Å². The normalized spacial score (nSPS) is 12.1. The summed E-state index contributed by atoms with van der Waals surface area (Å²) in [5.41, 5.74) is 2.84. The summed E-state index contributed by atoms with van der Waals surface area (Å²) in [6, 6.07) is 9.73. The van der Waals surface area contributed by atoms with Gasteiger partial charge in [0.1, 0.15) is 11.0 Å². The molecule has 1 atom stereocenters. The Hall–Kier alpha value is -1.98. The first-order valence-electron chi connectivity index (χ1n) is 6.96. The molecule has 2 heterocycles. The number of thiazole rings is 1. The third kappa shape index (κ3) is 2.96. The van der Waals surface area contributed by atoms with E-state index in [1.54, 1.807) is 28.9 Å². The van der Waals surface area contributed by atoms with Crippen LogP contribution in [0.5, 0.6) is 0 Å². The van der Waals surface area contributed by atoms with Gasteiger partial charge in [0.05, 0.1) is 5.56 Å². The van der Waals surface area contributed by atoms with Gasteiger partial charge in [-0.25, -0.2) is 4.98 Å². The second-order valence-corrected chi connectivity index (χ2v) is 7.03. The number of benzene rings is 1. The van der Waals surface area contributed by atoms with Crippen molar-refractivity contribution in [2.75, 3.05) is 0 Å². The number of thiophene rings is 1. The molecular formula is C17H16N2OS2. The Morgan fingerprint density at radius 2 is 1.95 bits per heavy atom. The number of nitrogens with zero attached hydrogens (tertiary/aromatic N) is 1. The van der Waals surface area contributed by atoms with E-state index in [1.165, 1.54) is 4.88 Å². The summed E-state index contributed by atoms with van der Waals surface area (Å²) in [7, 11) is 0. The molecule has 112 valence electrons. The zero-order chi connectivity index (χ0) is 15.5. The van der Waals surface area contributed by atoms with E-state index in [-0.39, 0.29) is 11.9 Å². The van der Waals surface area contributed by atoms with Crippen LogP contribution >= 0.6 is 22.7 Å². The largest absolute Gasteiger partial charge is 0.339 e. The molecule has 3 rings (SSSR count). The molecule has 0 aliphatic carbocycles. The predicted molar refractivity (Wildman–Crippen MR) is 91.7 cm³/mol. The van der Waals surface area contributed by atoms with Gasteiger partial charge in [0.15, 0.2) is 0 Å². The quantitative estimate of drug-likeness (QED) is 0.774. The van der Waals surface area contributed by atoms with Gasteiger partial charge in [-0.05, 0) is 25.0 Å². The molecule has 0 radical (unpaired) electrons. The van der Waals surface area contributed by atoms with Crippen LogP contribution in [0.2, 0.25) is 0 Å². The molecule has 3 aromatic rings. The number of carbonyl (C=O) groups excluding carboxylic acids is 1. The summed E-state index contributed by atoms with van der Waals surface area (Å²) in [6.45, 7) is 4.02. The fourth-order valence-corrected chi connectivity index (χ4v) is 3.84. The molecule has 0 saturated heterocycles. The van der Waals surface area contributed by atoms with Crippen molar-refractivity contribution in [3.8, 4) is 0 Å². The summed E-state index contributed by atoms with van der Waals surface area (Å²) in [5, 5.41) is 7.86. The highest BCUT2D eigenvalue weighted by molar-refractivity contribution is 7.10. The number of nitrogens with one attached hydrogen (secondary N) is 1. The molecule has 0 bridgehead atoms. The van der Waals surface area contributed by atoms with Crippen LogP contribution in [0.3, 0.4) is 0 Å². The third-order valence-corrected chi connectivity index (χ3v) is 5.49. The minimum atomic E-state index is -0.215. The SMILES string of the molecule is Cc1scc(C(=O)N[C@H](c2ccccc2)c2nccs2)c1C. The standard InChI is InChI=1S/C17H16N2OS2/c1-11-12(2)22-10-14(11)16(20)19-15(17-18-8-9-21-17)13-6-4-3-5-7-13/h3-10,15H,1-2H3,(H,19,20)/t15-/m1/s1. The summed E-state index contributed by atoms with van der Waals surface area (Å²) < 4.78 is 0. The van der Waals surface area contributed by atoms with Gasteiger partial charge in [0.2, 0.25) is 0 Å². The van der Waals surface area contributed by atoms with Crippen LogP contribution < -0.4 is 5.32 Å². The first-order valence-corrected chi connectivity index (χ1v) is 8.72. The van der Waals surface area contributed by atoms with Gasteiger partial charge in [0.25, 0.3) is 5.91 Å². The highest BCUT2D eigenvalue weighted by Crippen LogP contribution is 2.26. The van der Waals surface area contributed by atoms with Crippen LogP contribution in [0, 0.1) is 13.8 Å². The molecule has 0 aliphatic rings. The lowest BCUT2D eigenvalue weighted by atomic mass is 10.1. The van der Waals surface area contributed by atoms with Crippen LogP contribution in [0.25, 0.3) is 0 Å². The van der Waals surface area contributed by atoms with E-state index in [1.807, 2.05) is 54.9 Å². The van der Waals surface area contributed by atoms with Gasteiger partial charge in [-0.15, -0.1) is 22.7 Å². The monoisotopic (exact) mass is 328 g/mol. The Labute approximate surface area is 137 Å². The lowest BCUT2D eigenvalue weighted by Gasteiger charge is -2.17. The van der Waals surface area contributed by atoms with Crippen LogP contribution in [0.15, 0.2) is 47.3 Å². The second kappa shape index (κ2) is 6.42. The highest BCUT2D eigenvalue weighted by Gasteiger charge is 2.21. The molecule has 2 aromatic heterocycles. The van der Waals surface area contributed by atoms with E-state index in [0.717, 1.165) is 21.7 Å². The fourth-order valence-electron chi connectivity index (χ4n) is 2.26. The lowest BCUT2D eigenvalue weighted by Crippen LogP contribution is -2.29. The van der Waals surface area contributed by atoms with E-state index in [4.69, 9.17) is 0 Å². The van der Waals surface area contributed by atoms with Crippen molar-refractivity contribution in [2.24, 2.45) is 0 Å². The van der Waals surface area contributed by atoms with Crippen molar-refractivity contribution in [3.05, 3.63) is 73.9 Å². The van der Waals surface area contributed by atoms with Crippen molar-refractivity contribution in [3.63, 3.8) is 0 Å². The number of amides is 1. The molecule has 0 fully saturated rings. The molecule has 0 spiro atoms. The van der Waals surface area contributed by atoms with Crippen molar-refractivity contribution >= 4 is 28.6 Å². The Balaban J connectivity index is 1.91. The zero-order valence-electron chi connectivity index (χ0n) is 12.4. The minimum Gasteiger partial charge on any atom is -0.339 e. The maximum Gasteiger partial charge on any atom is 0.253 e. The Kier molecular flexibility index (Phi) is 4.36. The summed E-state index contributed by atoms with van der Waals surface area (Å²) in [5.74, 6) is -0.0501. The number of hydrogen-bond acceptors (Lipinski definition) is 4. The van der Waals surface area contributed by atoms with Crippen molar-refractivity contribution in [1.29, 1.82) is 0 Å². The first-order chi connectivity index (χ1) is 10.7. The molecule has 3 nitrogen and oxygen atoms in total. The summed E-state index contributed by atoms with van der Waals surface area (Å²) in [6.07, 6.45) is 1.77. The van der Waals surface area contributed by atoms with Crippen LogP contribution in [0.4, 0.5) is 0 Å². The number of aromatic nitrogens is 1. The molecule has 22 heavy (non-hydrogen) atoms. The van der Waals surface area contributed by atoms with Gasteiger partial charge in [-0.2, -0.15) is 0 Å². The fraction of sp³-hybridized carbons (Fsp3) is 0.176. The van der Waals surface area contributed by atoms with E-state index in [9.17, 15) is 4.79 Å². The van der Waals surface area contributed by atoms with E-state index >= 15 is 0 Å².